The molecule has 0 aliphatic heterocycles. The lowest BCUT2D eigenvalue weighted by molar-refractivity contribution is 0.0952. The number of carbonyl (C=O) groups is 2. The molecule has 2 amide bonds. The van der Waals surface area contributed by atoms with Gasteiger partial charge >= 0.3 is 0 Å². The molecule has 0 fully saturated rings. The Bertz CT molecular complexity index is 651. The maximum Gasteiger partial charge on any atom is 0.255 e. The van der Waals surface area contributed by atoms with Crippen LogP contribution in [0.5, 0.6) is 0 Å². The first-order valence-corrected chi connectivity index (χ1v) is 8.45. The van der Waals surface area contributed by atoms with Crippen LogP contribution in [0.25, 0.3) is 0 Å². The molecule has 0 heterocycles. The third kappa shape index (κ3) is 5.54. The first kappa shape index (κ1) is 17.7. The number of unbranched alkanes of at least 4 members (excludes halogenated alkanes) is 3. The van der Waals surface area contributed by atoms with Gasteiger partial charge in [-0.15, -0.1) is 0 Å². The van der Waals surface area contributed by atoms with E-state index < -0.39 is 0 Å². The van der Waals surface area contributed by atoms with Crippen LogP contribution in [0.15, 0.2) is 54.6 Å². The minimum atomic E-state index is -0.163. The summed E-state index contributed by atoms with van der Waals surface area (Å²) >= 11 is 0. The molecular weight excluding hydrogens is 300 g/mol. The lowest BCUT2D eigenvalue weighted by Gasteiger charge is -2.07. The van der Waals surface area contributed by atoms with Crippen LogP contribution in [0.1, 0.15) is 53.3 Å². The fraction of sp³-hybridized carbons (Fsp3) is 0.300. The van der Waals surface area contributed by atoms with Crippen LogP contribution >= 0.6 is 0 Å². The van der Waals surface area contributed by atoms with E-state index in [0.29, 0.717) is 23.4 Å². The van der Waals surface area contributed by atoms with Crippen molar-refractivity contribution in [3.63, 3.8) is 0 Å². The molecule has 24 heavy (non-hydrogen) atoms. The monoisotopic (exact) mass is 324 g/mol. The fourth-order valence-corrected chi connectivity index (χ4v) is 2.35. The number of anilines is 1. The number of carbonyl (C=O) groups excluding carboxylic acids is 2. The molecule has 2 rings (SSSR count). The van der Waals surface area contributed by atoms with Gasteiger partial charge < -0.3 is 10.6 Å². The highest BCUT2D eigenvalue weighted by Gasteiger charge is 2.07. The Hall–Kier alpha value is -2.62. The summed E-state index contributed by atoms with van der Waals surface area (Å²) in [5.74, 6) is -0.240. The van der Waals surface area contributed by atoms with Gasteiger partial charge in [0.15, 0.2) is 0 Å². The van der Waals surface area contributed by atoms with E-state index in [1.807, 2.05) is 18.2 Å². The van der Waals surface area contributed by atoms with Gasteiger partial charge in [0.1, 0.15) is 0 Å². The van der Waals surface area contributed by atoms with Crippen molar-refractivity contribution in [2.24, 2.45) is 0 Å². The summed E-state index contributed by atoms with van der Waals surface area (Å²) in [4.78, 5) is 24.1. The van der Waals surface area contributed by atoms with E-state index in [4.69, 9.17) is 0 Å². The Balaban J connectivity index is 1.84. The standard InChI is InChI=1S/C20H24N2O2/c1-2-3-4-8-15-21-19(23)17-11-13-18(14-12-17)22-20(24)16-9-6-5-7-10-16/h5-7,9-14H,2-4,8,15H2,1H3,(H,21,23)(H,22,24). The van der Waals surface area contributed by atoms with Crippen molar-refractivity contribution in [3.8, 4) is 0 Å². The molecule has 126 valence electrons. The van der Waals surface area contributed by atoms with Crippen molar-refractivity contribution < 1.29 is 9.59 Å². The van der Waals surface area contributed by atoms with Gasteiger partial charge in [0.2, 0.25) is 0 Å². The summed E-state index contributed by atoms with van der Waals surface area (Å²) in [6.07, 6.45) is 4.53. The van der Waals surface area contributed by atoms with Gasteiger partial charge in [0.25, 0.3) is 11.8 Å². The van der Waals surface area contributed by atoms with Crippen LogP contribution < -0.4 is 10.6 Å². The molecule has 0 aliphatic rings. The zero-order valence-corrected chi connectivity index (χ0v) is 14.0. The van der Waals surface area contributed by atoms with Crippen LogP contribution in [0.2, 0.25) is 0 Å². The Morgan fingerprint density at radius 1 is 0.792 bits per heavy atom. The largest absolute Gasteiger partial charge is 0.352 e. The molecule has 0 unspecified atom stereocenters. The molecule has 0 spiro atoms. The number of benzene rings is 2. The van der Waals surface area contributed by atoms with E-state index in [1.54, 1.807) is 36.4 Å². The first-order valence-electron chi connectivity index (χ1n) is 8.45. The van der Waals surface area contributed by atoms with E-state index in [-0.39, 0.29) is 11.8 Å². The second kappa shape index (κ2) is 9.50. The molecule has 0 aromatic heterocycles. The Morgan fingerprint density at radius 2 is 1.46 bits per heavy atom. The van der Waals surface area contributed by atoms with Crippen molar-refractivity contribution in [1.82, 2.24) is 5.32 Å². The number of hydrogen-bond donors (Lipinski definition) is 2. The third-order valence-corrected chi connectivity index (χ3v) is 3.76. The number of hydrogen-bond acceptors (Lipinski definition) is 2. The molecule has 2 aromatic carbocycles. The third-order valence-electron chi connectivity index (χ3n) is 3.76. The van der Waals surface area contributed by atoms with Gasteiger partial charge in [-0.3, -0.25) is 9.59 Å². The highest BCUT2D eigenvalue weighted by Crippen LogP contribution is 2.11. The van der Waals surface area contributed by atoms with E-state index in [0.717, 1.165) is 12.8 Å². The van der Waals surface area contributed by atoms with Crippen molar-refractivity contribution in [2.45, 2.75) is 32.6 Å². The Kier molecular flexibility index (Phi) is 7.02. The summed E-state index contributed by atoms with van der Waals surface area (Å²) in [6.45, 7) is 2.86. The lowest BCUT2D eigenvalue weighted by Crippen LogP contribution is -2.24. The number of rotatable bonds is 8. The zero-order chi connectivity index (χ0) is 17.2. The molecule has 0 radical (unpaired) electrons. The molecule has 0 bridgehead atoms. The van der Waals surface area contributed by atoms with E-state index in [2.05, 4.69) is 17.6 Å². The van der Waals surface area contributed by atoms with E-state index >= 15 is 0 Å². The van der Waals surface area contributed by atoms with Crippen LogP contribution in [-0.4, -0.2) is 18.4 Å². The predicted octanol–water partition coefficient (Wildman–Crippen LogP) is 4.25. The van der Waals surface area contributed by atoms with Crippen LogP contribution in [-0.2, 0) is 0 Å². The van der Waals surface area contributed by atoms with Gasteiger partial charge in [0, 0.05) is 23.4 Å². The highest BCUT2D eigenvalue weighted by atomic mass is 16.2. The second-order valence-corrected chi connectivity index (χ2v) is 5.71. The van der Waals surface area contributed by atoms with Gasteiger partial charge in [0.05, 0.1) is 0 Å². The van der Waals surface area contributed by atoms with Crippen molar-refractivity contribution in [1.29, 1.82) is 0 Å². The summed E-state index contributed by atoms with van der Waals surface area (Å²) in [7, 11) is 0. The normalized spacial score (nSPS) is 10.2. The Labute approximate surface area is 143 Å². The molecule has 4 heteroatoms. The quantitative estimate of drug-likeness (QED) is 0.713. The number of amides is 2. The lowest BCUT2D eigenvalue weighted by atomic mass is 10.1. The van der Waals surface area contributed by atoms with Crippen LogP contribution in [0.4, 0.5) is 5.69 Å². The van der Waals surface area contributed by atoms with Crippen molar-refractivity contribution in [3.05, 3.63) is 65.7 Å². The second-order valence-electron chi connectivity index (χ2n) is 5.71. The van der Waals surface area contributed by atoms with Gasteiger partial charge in [-0.1, -0.05) is 44.4 Å². The van der Waals surface area contributed by atoms with E-state index in [9.17, 15) is 9.59 Å². The molecule has 4 nitrogen and oxygen atoms in total. The average molecular weight is 324 g/mol. The van der Waals surface area contributed by atoms with Crippen LogP contribution in [0, 0.1) is 0 Å². The van der Waals surface area contributed by atoms with E-state index in [1.165, 1.54) is 12.8 Å². The molecule has 0 saturated heterocycles. The Morgan fingerprint density at radius 3 is 2.12 bits per heavy atom. The van der Waals surface area contributed by atoms with Gasteiger partial charge in [-0.2, -0.15) is 0 Å². The topological polar surface area (TPSA) is 58.2 Å². The summed E-state index contributed by atoms with van der Waals surface area (Å²) in [6, 6.07) is 16.0. The molecule has 0 atom stereocenters. The smallest absolute Gasteiger partial charge is 0.255 e. The fourth-order valence-electron chi connectivity index (χ4n) is 2.35. The highest BCUT2D eigenvalue weighted by molar-refractivity contribution is 6.04. The SMILES string of the molecule is CCCCCCNC(=O)c1ccc(NC(=O)c2ccccc2)cc1. The summed E-state index contributed by atoms with van der Waals surface area (Å²) in [5.41, 5.74) is 1.87. The maximum atomic E-state index is 12.1. The van der Waals surface area contributed by atoms with Gasteiger partial charge in [-0.05, 0) is 42.8 Å². The predicted molar refractivity (Wildman–Crippen MR) is 97.3 cm³/mol. The minimum absolute atomic E-state index is 0.0764. The van der Waals surface area contributed by atoms with Crippen LogP contribution in [0.3, 0.4) is 0 Å². The molecular formula is C20H24N2O2. The minimum Gasteiger partial charge on any atom is -0.352 e. The van der Waals surface area contributed by atoms with Gasteiger partial charge in [-0.25, -0.2) is 0 Å². The summed E-state index contributed by atoms with van der Waals surface area (Å²) < 4.78 is 0. The van der Waals surface area contributed by atoms with Crippen molar-refractivity contribution in [2.75, 3.05) is 11.9 Å². The first-order chi connectivity index (χ1) is 11.7. The van der Waals surface area contributed by atoms with Crippen molar-refractivity contribution >= 4 is 17.5 Å². The maximum absolute atomic E-state index is 12.1. The average Bonchev–Trinajstić information content (AvgIpc) is 2.62. The zero-order valence-electron chi connectivity index (χ0n) is 14.0. The molecule has 0 aliphatic carbocycles. The summed E-state index contributed by atoms with van der Waals surface area (Å²) in [5, 5.41) is 5.74. The number of nitrogens with one attached hydrogen (secondary N) is 2. The molecule has 2 N–H and O–H groups in total. The molecule has 0 saturated carbocycles. The molecule has 2 aromatic rings.